The highest BCUT2D eigenvalue weighted by Gasteiger charge is 2.22. The van der Waals surface area contributed by atoms with Gasteiger partial charge in [-0.25, -0.2) is 4.79 Å². The Morgan fingerprint density at radius 1 is 1.24 bits per heavy atom. The zero-order valence-electron chi connectivity index (χ0n) is 11.5. The van der Waals surface area contributed by atoms with E-state index in [0.29, 0.717) is 22.1 Å². The predicted octanol–water partition coefficient (Wildman–Crippen LogP) is 3.42. The molecule has 2 aromatic carbocycles. The minimum Gasteiger partial charge on any atom is -0.496 e. The largest absolute Gasteiger partial charge is 0.496 e. The van der Waals surface area contributed by atoms with Gasteiger partial charge < -0.3 is 14.6 Å². The van der Waals surface area contributed by atoms with Gasteiger partial charge >= 0.3 is 5.97 Å². The highest BCUT2D eigenvalue weighted by atomic mass is 35.5. The van der Waals surface area contributed by atoms with Gasteiger partial charge in [0, 0.05) is 11.4 Å². The fraction of sp³-hybridized carbons (Fsp3) is 0.188. The molecule has 2 aromatic rings. The second-order valence-corrected chi connectivity index (χ2v) is 4.85. The smallest absolute Gasteiger partial charge is 0.345 e. The zero-order chi connectivity index (χ0) is 15.2. The molecule has 0 bridgehead atoms. The lowest BCUT2D eigenvalue weighted by Crippen LogP contribution is -2.29. The summed E-state index contributed by atoms with van der Waals surface area (Å²) in [6.07, 6.45) is -0.853. The van der Waals surface area contributed by atoms with E-state index in [2.05, 4.69) is 0 Å². The van der Waals surface area contributed by atoms with Crippen LogP contribution in [0.3, 0.4) is 0 Å². The summed E-state index contributed by atoms with van der Waals surface area (Å²) in [4.78, 5) is 11.4. The third kappa shape index (κ3) is 4.13. The SMILES string of the molecule is COc1ccc(Cl)cc1C[C@H](Oc1ccccc1)C(=O)O. The standard InChI is InChI=1S/C16H15ClO4/c1-20-14-8-7-12(17)9-11(14)10-15(16(18)19)21-13-5-3-2-4-6-13/h2-9,15H,10H2,1H3,(H,18,19)/t15-/m0/s1. The molecule has 2 rings (SSSR count). The lowest BCUT2D eigenvalue weighted by molar-refractivity contribution is -0.145. The molecule has 0 fully saturated rings. The van der Waals surface area contributed by atoms with Gasteiger partial charge in [-0.2, -0.15) is 0 Å². The Hall–Kier alpha value is -2.20. The summed E-state index contributed by atoms with van der Waals surface area (Å²) in [5, 5.41) is 9.85. The van der Waals surface area contributed by atoms with Crippen LogP contribution in [0.15, 0.2) is 48.5 Å². The van der Waals surface area contributed by atoms with E-state index in [-0.39, 0.29) is 6.42 Å². The van der Waals surface area contributed by atoms with Gasteiger partial charge in [0.2, 0.25) is 0 Å². The van der Waals surface area contributed by atoms with E-state index in [1.807, 2.05) is 6.07 Å². The van der Waals surface area contributed by atoms with E-state index in [9.17, 15) is 9.90 Å². The van der Waals surface area contributed by atoms with Crippen LogP contribution in [0.25, 0.3) is 0 Å². The second-order valence-electron chi connectivity index (χ2n) is 4.42. The molecule has 21 heavy (non-hydrogen) atoms. The lowest BCUT2D eigenvalue weighted by Gasteiger charge is -2.17. The first-order valence-corrected chi connectivity index (χ1v) is 6.75. The second kappa shape index (κ2) is 6.99. The van der Waals surface area contributed by atoms with E-state index in [1.165, 1.54) is 7.11 Å². The van der Waals surface area contributed by atoms with E-state index in [1.54, 1.807) is 42.5 Å². The Labute approximate surface area is 127 Å². The van der Waals surface area contributed by atoms with Crippen LogP contribution in [0.5, 0.6) is 11.5 Å². The number of aliphatic carboxylic acids is 1. The summed E-state index contributed by atoms with van der Waals surface area (Å²) in [5.41, 5.74) is 0.688. The van der Waals surface area contributed by atoms with Crippen LogP contribution >= 0.6 is 11.6 Å². The summed E-state index contributed by atoms with van der Waals surface area (Å²) in [6, 6.07) is 13.9. The average Bonchev–Trinajstić information content (AvgIpc) is 2.48. The van der Waals surface area contributed by atoms with Crippen molar-refractivity contribution in [3.05, 3.63) is 59.1 Å². The first-order chi connectivity index (χ1) is 10.1. The maximum Gasteiger partial charge on any atom is 0.345 e. The highest BCUT2D eigenvalue weighted by molar-refractivity contribution is 6.30. The molecule has 110 valence electrons. The van der Waals surface area contributed by atoms with Crippen molar-refractivity contribution in [3.63, 3.8) is 0 Å². The van der Waals surface area contributed by atoms with Crippen molar-refractivity contribution in [3.8, 4) is 11.5 Å². The summed E-state index contributed by atoms with van der Waals surface area (Å²) in [5.74, 6) is 0.0501. The number of halogens is 1. The van der Waals surface area contributed by atoms with Crippen molar-refractivity contribution >= 4 is 17.6 Å². The van der Waals surface area contributed by atoms with Gasteiger partial charge in [0.15, 0.2) is 6.10 Å². The quantitative estimate of drug-likeness (QED) is 0.888. The summed E-state index contributed by atoms with van der Waals surface area (Å²) in [6.45, 7) is 0. The first-order valence-electron chi connectivity index (χ1n) is 6.37. The zero-order valence-corrected chi connectivity index (χ0v) is 12.2. The van der Waals surface area contributed by atoms with Crippen LogP contribution in [0.2, 0.25) is 5.02 Å². The maximum absolute atomic E-state index is 11.4. The van der Waals surface area contributed by atoms with E-state index >= 15 is 0 Å². The Morgan fingerprint density at radius 3 is 2.57 bits per heavy atom. The van der Waals surface area contributed by atoms with Gasteiger partial charge in [0.1, 0.15) is 11.5 Å². The van der Waals surface area contributed by atoms with E-state index < -0.39 is 12.1 Å². The number of hydrogen-bond donors (Lipinski definition) is 1. The molecule has 0 aliphatic rings. The normalized spacial score (nSPS) is 11.7. The van der Waals surface area contributed by atoms with Crippen LogP contribution < -0.4 is 9.47 Å². The van der Waals surface area contributed by atoms with Crippen LogP contribution in [0, 0.1) is 0 Å². The molecule has 0 amide bonds. The lowest BCUT2D eigenvalue weighted by atomic mass is 10.1. The minimum atomic E-state index is -1.04. The van der Waals surface area contributed by atoms with E-state index in [4.69, 9.17) is 21.1 Å². The number of carbonyl (C=O) groups is 1. The molecule has 0 saturated carbocycles. The fourth-order valence-electron chi connectivity index (χ4n) is 1.95. The monoisotopic (exact) mass is 306 g/mol. The Kier molecular flexibility index (Phi) is 5.06. The predicted molar refractivity (Wildman–Crippen MR) is 80.2 cm³/mol. The number of hydrogen-bond acceptors (Lipinski definition) is 3. The van der Waals surface area contributed by atoms with Gasteiger partial charge in [0.25, 0.3) is 0 Å². The Balaban J connectivity index is 2.20. The minimum absolute atomic E-state index is 0.161. The third-order valence-electron chi connectivity index (χ3n) is 2.94. The summed E-state index contributed by atoms with van der Waals surface area (Å²) in [7, 11) is 1.53. The maximum atomic E-state index is 11.4. The van der Waals surface area contributed by atoms with Gasteiger partial charge in [-0.3, -0.25) is 0 Å². The molecule has 0 saturated heterocycles. The van der Waals surface area contributed by atoms with E-state index in [0.717, 1.165) is 0 Å². The molecule has 0 aliphatic carbocycles. The molecule has 0 spiro atoms. The topological polar surface area (TPSA) is 55.8 Å². The van der Waals surface area contributed by atoms with Gasteiger partial charge in [-0.05, 0) is 35.9 Å². The van der Waals surface area contributed by atoms with Gasteiger partial charge in [-0.15, -0.1) is 0 Å². The van der Waals surface area contributed by atoms with Crippen LogP contribution in [0.1, 0.15) is 5.56 Å². The Bertz CT molecular complexity index is 613. The number of benzene rings is 2. The number of carboxylic acids is 1. The molecular formula is C16H15ClO4. The van der Waals surface area contributed by atoms with Crippen molar-refractivity contribution in [2.75, 3.05) is 7.11 Å². The molecule has 1 atom stereocenters. The number of rotatable bonds is 6. The number of ether oxygens (including phenoxy) is 2. The van der Waals surface area contributed by atoms with Gasteiger partial charge in [0.05, 0.1) is 7.11 Å². The molecule has 0 aliphatic heterocycles. The molecule has 5 heteroatoms. The molecule has 0 heterocycles. The van der Waals surface area contributed by atoms with Crippen LogP contribution in [-0.4, -0.2) is 24.3 Å². The van der Waals surface area contributed by atoms with Crippen molar-refractivity contribution in [1.29, 1.82) is 0 Å². The highest BCUT2D eigenvalue weighted by Crippen LogP contribution is 2.25. The Morgan fingerprint density at radius 2 is 1.95 bits per heavy atom. The van der Waals surface area contributed by atoms with Crippen LogP contribution in [-0.2, 0) is 11.2 Å². The third-order valence-corrected chi connectivity index (χ3v) is 3.18. The molecule has 0 radical (unpaired) electrons. The summed E-state index contributed by atoms with van der Waals surface area (Å²) >= 11 is 5.95. The molecule has 4 nitrogen and oxygen atoms in total. The van der Waals surface area contributed by atoms with Crippen molar-refractivity contribution in [2.24, 2.45) is 0 Å². The molecular weight excluding hydrogens is 292 g/mol. The number of para-hydroxylation sites is 1. The van der Waals surface area contributed by atoms with Crippen LogP contribution in [0.4, 0.5) is 0 Å². The average molecular weight is 307 g/mol. The molecule has 0 unspecified atom stereocenters. The number of carboxylic acid groups (broad SMARTS) is 1. The summed E-state index contributed by atoms with van der Waals surface area (Å²) < 4.78 is 10.7. The van der Waals surface area contributed by atoms with Gasteiger partial charge in [-0.1, -0.05) is 29.8 Å². The molecule has 0 aromatic heterocycles. The fourth-order valence-corrected chi connectivity index (χ4v) is 2.14. The van der Waals surface area contributed by atoms with Crippen molar-refractivity contribution in [1.82, 2.24) is 0 Å². The molecule has 1 N–H and O–H groups in total. The van der Waals surface area contributed by atoms with Crippen molar-refractivity contribution in [2.45, 2.75) is 12.5 Å². The first kappa shape index (κ1) is 15.2. The van der Waals surface area contributed by atoms with Crippen molar-refractivity contribution < 1.29 is 19.4 Å². The number of methoxy groups -OCH3 is 1.